The third-order valence-electron chi connectivity index (χ3n) is 4.77. The second-order valence-corrected chi connectivity index (χ2v) is 7.90. The van der Waals surface area contributed by atoms with Crippen LogP contribution in [0.2, 0.25) is 0 Å². The van der Waals surface area contributed by atoms with Gasteiger partial charge in [0.1, 0.15) is 12.6 Å². The molecule has 1 N–H and O–H groups in total. The van der Waals surface area contributed by atoms with E-state index in [1.165, 1.54) is 16.2 Å². The smallest absolute Gasteiger partial charge is 0.410 e. The minimum atomic E-state index is -0.531. The highest BCUT2D eigenvalue weighted by Gasteiger charge is 2.35. The van der Waals surface area contributed by atoms with Gasteiger partial charge >= 0.3 is 6.09 Å². The summed E-state index contributed by atoms with van der Waals surface area (Å²) in [6, 6.07) is 15.0. The molecular formula is C21H21N3O3S. The summed E-state index contributed by atoms with van der Waals surface area (Å²) in [5.41, 5.74) is 2.93. The molecular weight excluding hydrogens is 374 g/mol. The molecule has 1 aromatic heterocycles. The van der Waals surface area contributed by atoms with Gasteiger partial charge in [-0.25, -0.2) is 9.78 Å². The summed E-state index contributed by atoms with van der Waals surface area (Å²) in [7, 11) is 0. The highest BCUT2D eigenvalue weighted by Crippen LogP contribution is 2.28. The Hall–Kier alpha value is -2.93. The number of anilines is 1. The second kappa shape index (κ2) is 7.98. The molecule has 6 nitrogen and oxygen atoms in total. The summed E-state index contributed by atoms with van der Waals surface area (Å²) in [4.78, 5) is 31.2. The van der Waals surface area contributed by atoms with Crippen LogP contribution in [-0.2, 0) is 16.1 Å². The Balaban J connectivity index is 1.40. The Bertz CT molecular complexity index is 1000. The first-order chi connectivity index (χ1) is 13.6. The number of thiazole rings is 1. The van der Waals surface area contributed by atoms with E-state index < -0.39 is 12.1 Å². The van der Waals surface area contributed by atoms with Crippen LogP contribution in [0.4, 0.5) is 9.93 Å². The predicted octanol–water partition coefficient (Wildman–Crippen LogP) is 4.34. The van der Waals surface area contributed by atoms with Crippen molar-refractivity contribution in [2.24, 2.45) is 0 Å². The minimum absolute atomic E-state index is 0.196. The van der Waals surface area contributed by atoms with Crippen molar-refractivity contribution in [2.45, 2.75) is 32.4 Å². The topological polar surface area (TPSA) is 71.5 Å². The lowest BCUT2D eigenvalue weighted by Gasteiger charge is -2.22. The zero-order chi connectivity index (χ0) is 19.5. The molecule has 1 aliphatic heterocycles. The number of fused-ring (bicyclic) bond motifs is 1. The fourth-order valence-electron chi connectivity index (χ4n) is 3.33. The van der Waals surface area contributed by atoms with Crippen LogP contribution in [0.1, 0.15) is 24.0 Å². The van der Waals surface area contributed by atoms with Crippen molar-refractivity contribution in [1.29, 1.82) is 0 Å². The van der Waals surface area contributed by atoms with Crippen LogP contribution in [0.25, 0.3) is 10.2 Å². The van der Waals surface area contributed by atoms with E-state index in [0.717, 1.165) is 27.8 Å². The van der Waals surface area contributed by atoms with Crippen LogP contribution in [0.15, 0.2) is 48.5 Å². The number of aromatic nitrogens is 1. The number of hydrogen-bond acceptors (Lipinski definition) is 5. The van der Waals surface area contributed by atoms with Gasteiger partial charge in [0.05, 0.1) is 10.2 Å². The summed E-state index contributed by atoms with van der Waals surface area (Å²) in [6.07, 6.45) is 0.940. The Morgan fingerprint density at radius 1 is 1.25 bits per heavy atom. The van der Waals surface area contributed by atoms with Crippen LogP contribution in [0.3, 0.4) is 0 Å². The van der Waals surface area contributed by atoms with E-state index in [-0.39, 0.29) is 12.5 Å². The van der Waals surface area contributed by atoms with E-state index in [2.05, 4.69) is 10.3 Å². The van der Waals surface area contributed by atoms with E-state index in [1.807, 2.05) is 55.5 Å². The molecule has 1 atom stereocenters. The summed E-state index contributed by atoms with van der Waals surface area (Å²) in [5.74, 6) is -0.218. The van der Waals surface area contributed by atoms with E-state index >= 15 is 0 Å². The molecule has 0 spiro atoms. The van der Waals surface area contributed by atoms with E-state index in [4.69, 9.17) is 4.74 Å². The number of aryl methyl sites for hydroxylation is 1. The molecule has 1 fully saturated rings. The first-order valence-electron chi connectivity index (χ1n) is 9.25. The maximum absolute atomic E-state index is 12.8. The van der Waals surface area contributed by atoms with E-state index in [1.54, 1.807) is 0 Å². The van der Waals surface area contributed by atoms with Crippen molar-refractivity contribution in [3.8, 4) is 0 Å². The third kappa shape index (κ3) is 3.99. The molecule has 4 rings (SSSR count). The van der Waals surface area contributed by atoms with Crippen LogP contribution in [-0.4, -0.2) is 34.5 Å². The van der Waals surface area contributed by atoms with Crippen LogP contribution in [0.5, 0.6) is 0 Å². The highest BCUT2D eigenvalue weighted by molar-refractivity contribution is 7.22. The number of amides is 2. The second-order valence-electron chi connectivity index (χ2n) is 6.87. The SMILES string of the molecule is Cc1ccc2nc(NC(=O)[C@H]3CCCN3C(=O)OCc3ccccc3)sc2c1. The normalized spacial score (nSPS) is 16.3. The first kappa shape index (κ1) is 18.4. The summed E-state index contributed by atoms with van der Waals surface area (Å²) in [6.45, 7) is 2.74. The van der Waals surface area contributed by atoms with Gasteiger partial charge < -0.3 is 10.1 Å². The number of hydrogen-bond donors (Lipinski definition) is 1. The van der Waals surface area contributed by atoms with Gasteiger partial charge in [0, 0.05) is 6.54 Å². The molecule has 7 heteroatoms. The number of nitrogens with one attached hydrogen (secondary N) is 1. The quantitative estimate of drug-likeness (QED) is 0.713. The van der Waals surface area contributed by atoms with Crippen molar-refractivity contribution in [3.63, 3.8) is 0 Å². The lowest BCUT2D eigenvalue weighted by Crippen LogP contribution is -2.43. The molecule has 144 valence electrons. The molecule has 0 radical (unpaired) electrons. The molecule has 2 amide bonds. The lowest BCUT2D eigenvalue weighted by molar-refractivity contribution is -0.120. The van der Waals surface area contributed by atoms with Crippen LogP contribution in [0, 0.1) is 6.92 Å². The number of benzene rings is 2. The predicted molar refractivity (Wildman–Crippen MR) is 109 cm³/mol. The van der Waals surface area contributed by atoms with Gasteiger partial charge in [-0.1, -0.05) is 47.7 Å². The number of rotatable bonds is 4. The fraction of sp³-hybridized carbons (Fsp3) is 0.286. The molecule has 0 bridgehead atoms. The van der Waals surface area contributed by atoms with Crippen LogP contribution < -0.4 is 5.32 Å². The third-order valence-corrected chi connectivity index (χ3v) is 5.70. The molecule has 28 heavy (non-hydrogen) atoms. The number of carbonyl (C=O) groups excluding carboxylic acids is 2. The maximum atomic E-state index is 12.8. The van der Waals surface area contributed by atoms with Gasteiger partial charge in [-0.15, -0.1) is 0 Å². The van der Waals surface area contributed by atoms with Gasteiger partial charge in [-0.3, -0.25) is 9.69 Å². The number of carbonyl (C=O) groups is 2. The van der Waals surface area contributed by atoms with Crippen molar-refractivity contribution in [1.82, 2.24) is 9.88 Å². The molecule has 2 heterocycles. The van der Waals surface area contributed by atoms with Crippen LogP contribution >= 0.6 is 11.3 Å². The Morgan fingerprint density at radius 3 is 2.89 bits per heavy atom. The van der Waals surface area contributed by atoms with Crippen molar-refractivity contribution in [3.05, 3.63) is 59.7 Å². The van der Waals surface area contributed by atoms with Gasteiger partial charge in [0.15, 0.2) is 5.13 Å². The zero-order valence-electron chi connectivity index (χ0n) is 15.6. The Morgan fingerprint density at radius 2 is 2.07 bits per heavy atom. The molecule has 0 unspecified atom stereocenters. The largest absolute Gasteiger partial charge is 0.445 e. The lowest BCUT2D eigenvalue weighted by atomic mass is 10.2. The van der Waals surface area contributed by atoms with Crippen molar-refractivity contribution in [2.75, 3.05) is 11.9 Å². The van der Waals surface area contributed by atoms with Crippen molar-refractivity contribution >= 4 is 38.7 Å². The highest BCUT2D eigenvalue weighted by atomic mass is 32.1. The summed E-state index contributed by atoms with van der Waals surface area (Å²) < 4.78 is 6.43. The minimum Gasteiger partial charge on any atom is -0.445 e. The van der Waals surface area contributed by atoms with E-state index in [9.17, 15) is 9.59 Å². The van der Waals surface area contributed by atoms with E-state index in [0.29, 0.717) is 18.1 Å². The van der Waals surface area contributed by atoms with Gasteiger partial charge in [0.2, 0.25) is 5.91 Å². The fourth-order valence-corrected chi connectivity index (χ4v) is 4.30. The van der Waals surface area contributed by atoms with Crippen molar-refractivity contribution < 1.29 is 14.3 Å². The summed E-state index contributed by atoms with van der Waals surface area (Å²) >= 11 is 1.44. The molecule has 3 aromatic rings. The Labute approximate surface area is 167 Å². The summed E-state index contributed by atoms with van der Waals surface area (Å²) in [5, 5.41) is 3.42. The van der Waals surface area contributed by atoms with Gasteiger partial charge in [0.25, 0.3) is 0 Å². The molecule has 0 aliphatic carbocycles. The number of likely N-dealkylation sites (tertiary alicyclic amines) is 1. The molecule has 1 aliphatic rings. The number of ether oxygens (including phenoxy) is 1. The van der Waals surface area contributed by atoms with Gasteiger partial charge in [-0.05, 0) is 43.0 Å². The monoisotopic (exact) mass is 395 g/mol. The first-order valence-corrected chi connectivity index (χ1v) is 10.1. The average Bonchev–Trinajstić information content (AvgIpc) is 3.33. The number of nitrogens with zero attached hydrogens (tertiary/aromatic N) is 2. The standard InChI is InChI=1S/C21H21N3O3S/c1-14-9-10-16-18(12-14)28-20(22-16)23-19(25)17-8-5-11-24(17)21(26)27-13-15-6-3-2-4-7-15/h2-4,6-7,9-10,12,17H,5,8,11,13H2,1H3,(H,22,23,25)/t17-/m1/s1. The average molecular weight is 395 g/mol. The van der Waals surface area contributed by atoms with Gasteiger partial charge in [-0.2, -0.15) is 0 Å². The molecule has 0 saturated carbocycles. The zero-order valence-corrected chi connectivity index (χ0v) is 16.4. The molecule has 1 saturated heterocycles. The maximum Gasteiger partial charge on any atom is 0.410 e. The molecule has 2 aromatic carbocycles. The Kier molecular flexibility index (Phi) is 5.25.